The molecule has 0 bridgehead atoms. The van der Waals surface area contributed by atoms with E-state index in [0.29, 0.717) is 12.1 Å². The molecule has 0 spiro atoms. The van der Waals surface area contributed by atoms with Crippen LogP contribution in [-0.2, 0) is 26.0 Å². The van der Waals surface area contributed by atoms with E-state index < -0.39 is 34.5 Å². The number of esters is 1. The molecule has 2 aliphatic rings. The van der Waals surface area contributed by atoms with Crippen LogP contribution in [0, 0.1) is 0 Å². The molecule has 1 aliphatic carbocycles. The second-order valence-corrected chi connectivity index (χ2v) is 10.8. The highest BCUT2D eigenvalue weighted by atomic mass is 32.2. The Kier molecular flexibility index (Phi) is 7.39. The van der Waals surface area contributed by atoms with Crippen LogP contribution in [0.25, 0.3) is 0 Å². The van der Waals surface area contributed by atoms with Gasteiger partial charge in [-0.15, -0.1) is 0 Å². The number of carbonyl (C=O) groups excluding carboxylic acids is 3. The van der Waals surface area contributed by atoms with Crippen molar-refractivity contribution in [2.75, 3.05) is 10.9 Å². The number of nitrogens with zero attached hydrogens (tertiary/aromatic N) is 1. The van der Waals surface area contributed by atoms with E-state index in [4.69, 9.17) is 4.74 Å². The molecule has 1 fully saturated rings. The van der Waals surface area contributed by atoms with Crippen LogP contribution in [0.4, 0.5) is 10.5 Å². The fraction of sp³-hybridized carbons (Fsp3) is 0.400. The first-order valence-electron chi connectivity index (χ1n) is 11.8. The maximum atomic E-state index is 13.4. The largest absolute Gasteiger partial charge is 0.452 e. The van der Waals surface area contributed by atoms with Crippen molar-refractivity contribution in [2.24, 2.45) is 0 Å². The number of anilines is 1. The van der Waals surface area contributed by atoms with Crippen molar-refractivity contribution in [3.8, 4) is 0 Å². The van der Waals surface area contributed by atoms with Crippen LogP contribution >= 0.6 is 0 Å². The summed E-state index contributed by atoms with van der Waals surface area (Å²) in [6.45, 7) is 1.17. The molecule has 10 heteroatoms. The van der Waals surface area contributed by atoms with E-state index in [1.54, 1.807) is 12.1 Å². The van der Waals surface area contributed by atoms with Crippen LogP contribution in [0.2, 0.25) is 0 Å². The maximum absolute atomic E-state index is 13.4. The van der Waals surface area contributed by atoms with E-state index in [2.05, 4.69) is 10.6 Å². The summed E-state index contributed by atoms with van der Waals surface area (Å²) in [5.41, 5.74) is 1.56. The van der Waals surface area contributed by atoms with Gasteiger partial charge >= 0.3 is 12.0 Å². The molecule has 1 atom stereocenters. The van der Waals surface area contributed by atoms with Gasteiger partial charge in [0.1, 0.15) is 0 Å². The Hall–Kier alpha value is -3.40. The highest BCUT2D eigenvalue weighted by Gasteiger charge is 2.36. The molecule has 4 rings (SSSR count). The zero-order valence-corrected chi connectivity index (χ0v) is 20.3. The van der Waals surface area contributed by atoms with Crippen LogP contribution in [0.3, 0.4) is 0 Å². The molecule has 1 heterocycles. The van der Waals surface area contributed by atoms with E-state index in [0.717, 1.165) is 37.7 Å². The van der Waals surface area contributed by atoms with E-state index in [1.807, 2.05) is 19.1 Å². The first-order valence-corrected chi connectivity index (χ1v) is 13.2. The smallest absolute Gasteiger partial charge is 0.338 e. The van der Waals surface area contributed by atoms with Gasteiger partial charge in [-0.2, -0.15) is 0 Å². The summed E-state index contributed by atoms with van der Waals surface area (Å²) in [5.74, 6) is -1.63. The third kappa shape index (κ3) is 5.64. The average Bonchev–Trinajstić information content (AvgIpc) is 3.19. The minimum absolute atomic E-state index is 0.00864. The highest BCUT2D eigenvalue weighted by Crippen LogP contribution is 2.36. The first kappa shape index (κ1) is 24.7. The van der Waals surface area contributed by atoms with E-state index in [9.17, 15) is 22.8 Å². The number of para-hydroxylation sites is 1. The third-order valence-corrected chi connectivity index (χ3v) is 8.22. The molecule has 3 amide bonds. The number of fused-ring (bicyclic) bond motifs is 1. The molecule has 35 heavy (non-hydrogen) atoms. The van der Waals surface area contributed by atoms with Crippen LogP contribution < -0.4 is 14.9 Å². The molecule has 1 saturated carbocycles. The second kappa shape index (κ2) is 10.5. The van der Waals surface area contributed by atoms with Crippen molar-refractivity contribution in [3.63, 3.8) is 0 Å². The fourth-order valence-corrected chi connectivity index (χ4v) is 6.39. The van der Waals surface area contributed by atoms with Gasteiger partial charge in [-0.25, -0.2) is 18.0 Å². The zero-order chi connectivity index (χ0) is 25.0. The highest BCUT2D eigenvalue weighted by molar-refractivity contribution is 7.92. The van der Waals surface area contributed by atoms with Gasteiger partial charge in [0, 0.05) is 12.1 Å². The quantitative estimate of drug-likeness (QED) is 0.589. The predicted molar refractivity (Wildman–Crippen MR) is 130 cm³/mol. The van der Waals surface area contributed by atoms with E-state index in [1.165, 1.54) is 28.6 Å². The van der Waals surface area contributed by atoms with Crippen LogP contribution in [0.1, 0.15) is 54.9 Å². The van der Waals surface area contributed by atoms with Gasteiger partial charge in [0.2, 0.25) is 0 Å². The molecule has 2 aromatic carbocycles. The lowest BCUT2D eigenvalue weighted by Crippen LogP contribution is -2.46. The van der Waals surface area contributed by atoms with Crippen molar-refractivity contribution >= 4 is 33.6 Å². The Labute approximate surface area is 204 Å². The summed E-state index contributed by atoms with van der Waals surface area (Å²) in [4.78, 5) is 36.5. The number of nitrogens with one attached hydrogen (secondary N) is 2. The number of urea groups is 1. The van der Waals surface area contributed by atoms with Gasteiger partial charge in [0.25, 0.3) is 15.9 Å². The predicted octanol–water partition coefficient (Wildman–Crippen LogP) is 3.14. The lowest BCUT2D eigenvalue weighted by molar-refractivity contribution is -0.123. The number of sulfonamides is 1. The number of hydrogen-bond acceptors (Lipinski definition) is 6. The Balaban J connectivity index is 1.37. The Morgan fingerprint density at radius 2 is 1.77 bits per heavy atom. The number of amides is 3. The summed E-state index contributed by atoms with van der Waals surface area (Å²) in [6.07, 6.45) is 5.56. The number of ether oxygens (including phenoxy) is 1. The van der Waals surface area contributed by atoms with Crippen molar-refractivity contribution in [1.82, 2.24) is 10.6 Å². The first-order chi connectivity index (χ1) is 16.8. The number of benzene rings is 2. The average molecular weight is 500 g/mol. The molecule has 9 nitrogen and oxygen atoms in total. The molecule has 186 valence electrons. The zero-order valence-electron chi connectivity index (χ0n) is 19.5. The van der Waals surface area contributed by atoms with Gasteiger partial charge in [0.15, 0.2) is 6.61 Å². The summed E-state index contributed by atoms with van der Waals surface area (Å²) >= 11 is 0. The normalized spacial score (nSPS) is 18.0. The van der Waals surface area contributed by atoms with E-state index >= 15 is 0 Å². The van der Waals surface area contributed by atoms with Crippen molar-refractivity contribution in [1.29, 1.82) is 0 Å². The van der Waals surface area contributed by atoms with Crippen molar-refractivity contribution in [3.05, 3.63) is 59.7 Å². The summed E-state index contributed by atoms with van der Waals surface area (Å²) < 4.78 is 33.2. The SMILES string of the molecule is C[C@H]1Cc2ccccc2N1S(=O)(=O)c1cccc(C(=O)OCC(=O)NC(=O)NC2CCCCC2)c1. The Morgan fingerprint density at radius 3 is 2.54 bits per heavy atom. The summed E-state index contributed by atoms with van der Waals surface area (Å²) in [7, 11) is -3.93. The van der Waals surface area contributed by atoms with Crippen molar-refractivity contribution in [2.45, 2.75) is 62.4 Å². The van der Waals surface area contributed by atoms with Gasteiger partial charge in [-0.05, 0) is 56.0 Å². The van der Waals surface area contributed by atoms with Gasteiger partial charge in [-0.3, -0.25) is 14.4 Å². The van der Waals surface area contributed by atoms with Gasteiger partial charge in [0.05, 0.1) is 16.1 Å². The molecule has 0 radical (unpaired) electrons. The number of hydrogen-bond donors (Lipinski definition) is 2. The fourth-order valence-electron chi connectivity index (χ4n) is 4.65. The van der Waals surface area contributed by atoms with Crippen molar-refractivity contribution < 1.29 is 27.5 Å². The van der Waals surface area contributed by atoms with Crippen LogP contribution in [0.5, 0.6) is 0 Å². The van der Waals surface area contributed by atoms with Gasteiger partial charge < -0.3 is 10.1 Å². The molecule has 0 saturated heterocycles. The standard InChI is InChI=1S/C25H29N3O6S/c1-17-14-18-8-5-6-13-22(18)28(17)35(32,33)21-12-7-9-19(15-21)24(30)34-16-23(29)27-25(31)26-20-10-3-2-4-11-20/h5-9,12-13,15,17,20H,2-4,10-11,14,16H2,1H3,(H2,26,27,29,31)/t17-/m0/s1. The molecule has 2 aromatic rings. The molecule has 2 N–H and O–H groups in total. The third-order valence-electron chi connectivity index (χ3n) is 6.30. The Morgan fingerprint density at radius 1 is 1.03 bits per heavy atom. The van der Waals surface area contributed by atoms with Gasteiger partial charge in [-0.1, -0.05) is 43.5 Å². The van der Waals surface area contributed by atoms with Crippen LogP contribution in [0.15, 0.2) is 53.4 Å². The second-order valence-electron chi connectivity index (χ2n) is 8.94. The van der Waals surface area contributed by atoms with E-state index in [-0.39, 0.29) is 22.5 Å². The monoisotopic (exact) mass is 499 g/mol. The maximum Gasteiger partial charge on any atom is 0.338 e. The van der Waals surface area contributed by atoms with Crippen LogP contribution in [-0.4, -0.2) is 45.0 Å². The molecular formula is C25H29N3O6S. The molecule has 0 aromatic heterocycles. The molecular weight excluding hydrogens is 470 g/mol. The summed E-state index contributed by atoms with van der Waals surface area (Å²) in [6, 6.07) is 12.0. The minimum Gasteiger partial charge on any atom is -0.452 e. The topological polar surface area (TPSA) is 122 Å². The number of rotatable bonds is 6. The molecule has 1 aliphatic heterocycles. The Bertz CT molecular complexity index is 1220. The summed E-state index contributed by atoms with van der Waals surface area (Å²) in [5, 5.41) is 4.90. The lowest BCUT2D eigenvalue weighted by Gasteiger charge is -2.24. The minimum atomic E-state index is -3.93. The lowest BCUT2D eigenvalue weighted by atomic mass is 9.96. The number of imide groups is 1. The number of carbonyl (C=O) groups is 3. The molecule has 0 unspecified atom stereocenters.